The molecule has 8 heteroatoms. The molecule has 0 aliphatic heterocycles. The average Bonchev–Trinajstić information content (AvgIpc) is 2.92. The second-order valence-electron chi connectivity index (χ2n) is 4.35. The number of aromatic nitrogens is 3. The molecule has 2 heterocycles. The lowest BCUT2D eigenvalue weighted by Gasteiger charge is -2.04. The molecule has 106 valence electrons. The summed E-state index contributed by atoms with van der Waals surface area (Å²) in [4.78, 5) is 23.5. The Hall–Kier alpha value is -2.64. The van der Waals surface area contributed by atoms with Gasteiger partial charge < -0.3 is 15.2 Å². The van der Waals surface area contributed by atoms with E-state index >= 15 is 0 Å². The predicted octanol–water partition coefficient (Wildman–Crippen LogP) is 0.393. The van der Waals surface area contributed by atoms with Gasteiger partial charge >= 0.3 is 0 Å². The second-order valence-corrected chi connectivity index (χ2v) is 4.35. The van der Waals surface area contributed by atoms with Gasteiger partial charge in [0.25, 0.3) is 5.91 Å². The molecule has 20 heavy (non-hydrogen) atoms. The number of anilines is 1. The van der Waals surface area contributed by atoms with Crippen LogP contribution >= 0.6 is 0 Å². The van der Waals surface area contributed by atoms with Crippen LogP contribution in [-0.4, -0.2) is 33.3 Å². The average molecular weight is 277 g/mol. The van der Waals surface area contributed by atoms with E-state index < -0.39 is 0 Å². The molecule has 0 aliphatic rings. The first-order valence-electron chi connectivity index (χ1n) is 5.97. The minimum absolute atomic E-state index is 0.158. The maximum Gasteiger partial charge on any atom is 0.269 e. The van der Waals surface area contributed by atoms with Gasteiger partial charge in [0.1, 0.15) is 11.5 Å². The highest BCUT2D eigenvalue weighted by atomic mass is 16.5. The molecule has 2 aromatic rings. The zero-order chi connectivity index (χ0) is 14.7. The van der Waals surface area contributed by atoms with E-state index in [2.05, 4.69) is 20.9 Å². The number of nitrogens with one attached hydrogen (secondary N) is 2. The quantitative estimate of drug-likeness (QED) is 0.841. The third-order valence-corrected chi connectivity index (χ3v) is 2.54. The van der Waals surface area contributed by atoms with Crippen LogP contribution < -0.4 is 10.6 Å². The van der Waals surface area contributed by atoms with Crippen molar-refractivity contribution < 1.29 is 14.1 Å². The molecule has 0 unspecified atom stereocenters. The highest BCUT2D eigenvalue weighted by Crippen LogP contribution is 2.06. The van der Waals surface area contributed by atoms with E-state index in [0.717, 1.165) is 5.69 Å². The number of aryl methyl sites for hydroxylation is 3. The monoisotopic (exact) mass is 277 g/mol. The molecule has 2 aromatic heterocycles. The normalized spacial score (nSPS) is 10.3. The largest absolute Gasteiger partial charge is 0.360 e. The van der Waals surface area contributed by atoms with Crippen LogP contribution in [0, 0.1) is 13.8 Å². The number of carbonyl (C=O) groups is 2. The molecule has 0 fully saturated rings. The van der Waals surface area contributed by atoms with Crippen LogP contribution in [0.15, 0.2) is 16.7 Å². The molecule has 2 amide bonds. The smallest absolute Gasteiger partial charge is 0.269 e. The van der Waals surface area contributed by atoms with Crippen LogP contribution in [-0.2, 0) is 11.8 Å². The lowest BCUT2D eigenvalue weighted by Crippen LogP contribution is -2.33. The Kier molecular flexibility index (Phi) is 3.83. The Morgan fingerprint density at radius 2 is 2.10 bits per heavy atom. The zero-order valence-corrected chi connectivity index (χ0v) is 11.4. The van der Waals surface area contributed by atoms with Gasteiger partial charge in [-0.05, 0) is 19.9 Å². The SMILES string of the molecule is Cc1cc(C(=O)NCC(=O)Nc2cc(C)on2)n(C)n1. The molecule has 0 spiro atoms. The highest BCUT2D eigenvalue weighted by molar-refractivity contribution is 5.98. The minimum Gasteiger partial charge on any atom is -0.360 e. The second kappa shape index (κ2) is 5.55. The van der Waals surface area contributed by atoms with Crippen molar-refractivity contribution >= 4 is 17.6 Å². The molecule has 2 rings (SSSR count). The van der Waals surface area contributed by atoms with E-state index in [9.17, 15) is 9.59 Å². The molecule has 0 saturated heterocycles. The third kappa shape index (κ3) is 3.22. The zero-order valence-electron chi connectivity index (χ0n) is 11.4. The van der Waals surface area contributed by atoms with Gasteiger partial charge in [-0.25, -0.2) is 0 Å². The van der Waals surface area contributed by atoms with Gasteiger partial charge in [0.2, 0.25) is 5.91 Å². The molecule has 2 N–H and O–H groups in total. The van der Waals surface area contributed by atoms with Crippen LogP contribution in [0.5, 0.6) is 0 Å². The van der Waals surface area contributed by atoms with Gasteiger partial charge in [-0.1, -0.05) is 5.16 Å². The number of nitrogens with zero attached hydrogens (tertiary/aromatic N) is 3. The number of amides is 2. The molecular formula is C12H15N5O3. The lowest BCUT2D eigenvalue weighted by molar-refractivity contribution is -0.115. The van der Waals surface area contributed by atoms with Crippen molar-refractivity contribution in [3.63, 3.8) is 0 Å². The molecule has 0 aromatic carbocycles. The Balaban J connectivity index is 1.87. The Bertz CT molecular complexity index is 643. The summed E-state index contributed by atoms with van der Waals surface area (Å²) in [6.45, 7) is 3.35. The fraction of sp³-hybridized carbons (Fsp3) is 0.333. The summed E-state index contributed by atoms with van der Waals surface area (Å²) in [7, 11) is 1.67. The van der Waals surface area contributed by atoms with Crippen LogP contribution in [0.1, 0.15) is 21.9 Å². The summed E-state index contributed by atoms with van der Waals surface area (Å²) in [6.07, 6.45) is 0. The molecule has 0 aliphatic carbocycles. The maximum atomic E-state index is 11.9. The Morgan fingerprint density at radius 1 is 1.35 bits per heavy atom. The van der Waals surface area contributed by atoms with Crippen molar-refractivity contribution in [2.45, 2.75) is 13.8 Å². The van der Waals surface area contributed by atoms with Crippen LogP contribution in [0.25, 0.3) is 0 Å². The number of hydrogen-bond acceptors (Lipinski definition) is 5. The lowest BCUT2D eigenvalue weighted by atomic mass is 10.3. The standard InChI is InChI=1S/C12H15N5O3/c1-7-4-9(17(3)15-7)12(19)13-6-11(18)14-10-5-8(2)20-16-10/h4-5H,6H2,1-3H3,(H,13,19)(H,14,16,18). The van der Waals surface area contributed by atoms with Crippen molar-refractivity contribution in [1.29, 1.82) is 0 Å². The Labute approximate surface area is 115 Å². The van der Waals surface area contributed by atoms with Gasteiger partial charge in [0, 0.05) is 13.1 Å². The predicted molar refractivity (Wildman–Crippen MR) is 70.1 cm³/mol. The minimum atomic E-state index is -0.384. The number of rotatable bonds is 4. The fourth-order valence-corrected chi connectivity index (χ4v) is 1.69. The van der Waals surface area contributed by atoms with E-state index in [-0.39, 0.29) is 18.4 Å². The van der Waals surface area contributed by atoms with Crippen LogP contribution in [0.2, 0.25) is 0 Å². The molecular weight excluding hydrogens is 262 g/mol. The van der Waals surface area contributed by atoms with Gasteiger partial charge in [0.15, 0.2) is 5.82 Å². The Morgan fingerprint density at radius 3 is 2.65 bits per heavy atom. The summed E-state index contributed by atoms with van der Waals surface area (Å²) >= 11 is 0. The molecule has 0 radical (unpaired) electrons. The van der Waals surface area contributed by atoms with E-state index in [1.165, 1.54) is 4.68 Å². The summed E-state index contributed by atoms with van der Waals surface area (Å²) < 4.78 is 6.28. The van der Waals surface area contributed by atoms with Crippen molar-refractivity contribution in [2.75, 3.05) is 11.9 Å². The number of carbonyl (C=O) groups excluding carboxylic acids is 2. The van der Waals surface area contributed by atoms with Gasteiger partial charge in [-0.3, -0.25) is 14.3 Å². The topological polar surface area (TPSA) is 102 Å². The summed E-state index contributed by atoms with van der Waals surface area (Å²) in [5.41, 5.74) is 1.13. The van der Waals surface area contributed by atoms with Gasteiger partial charge in [-0.15, -0.1) is 0 Å². The highest BCUT2D eigenvalue weighted by Gasteiger charge is 2.13. The van der Waals surface area contributed by atoms with E-state index in [1.54, 1.807) is 33.0 Å². The van der Waals surface area contributed by atoms with Crippen molar-refractivity contribution in [2.24, 2.45) is 7.05 Å². The summed E-state index contributed by atoms with van der Waals surface area (Å²) in [5.74, 6) is 0.165. The first kappa shape index (κ1) is 13.8. The fourth-order valence-electron chi connectivity index (χ4n) is 1.69. The first-order chi connectivity index (χ1) is 9.45. The first-order valence-corrected chi connectivity index (χ1v) is 5.97. The summed E-state index contributed by atoms with van der Waals surface area (Å²) in [5, 5.41) is 12.7. The van der Waals surface area contributed by atoms with Crippen LogP contribution in [0.3, 0.4) is 0 Å². The van der Waals surface area contributed by atoms with Crippen molar-refractivity contribution in [1.82, 2.24) is 20.3 Å². The molecule has 8 nitrogen and oxygen atoms in total. The van der Waals surface area contributed by atoms with Crippen LogP contribution in [0.4, 0.5) is 5.82 Å². The van der Waals surface area contributed by atoms with E-state index in [1.807, 2.05) is 0 Å². The van der Waals surface area contributed by atoms with Gasteiger partial charge in [0.05, 0.1) is 12.2 Å². The molecule has 0 bridgehead atoms. The maximum absolute atomic E-state index is 11.9. The van der Waals surface area contributed by atoms with E-state index in [0.29, 0.717) is 17.3 Å². The molecule has 0 saturated carbocycles. The van der Waals surface area contributed by atoms with Crippen molar-refractivity contribution in [3.8, 4) is 0 Å². The van der Waals surface area contributed by atoms with E-state index in [4.69, 9.17) is 4.52 Å². The molecule has 0 atom stereocenters. The number of hydrogen-bond donors (Lipinski definition) is 2. The third-order valence-electron chi connectivity index (χ3n) is 2.54. The summed E-state index contributed by atoms with van der Waals surface area (Å²) in [6, 6.07) is 3.23. The van der Waals surface area contributed by atoms with Crippen molar-refractivity contribution in [3.05, 3.63) is 29.3 Å². The van der Waals surface area contributed by atoms with Gasteiger partial charge in [-0.2, -0.15) is 5.10 Å².